The van der Waals surface area contributed by atoms with E-state index in [1.165, 1.54) is 0 Å². The van der Waals surface area contributed by atoms with E-state index < -0.39 is 0 Å². The van der Waals surface area contributed by atoms with E-state index in [1.54, 1.807) is 14.2 Å². The monoisotopic (exact) mass is 323 g/mol. The average molecular weight is 323 g/mol. The van der Waals surface area contributed by atoms with Gasteiger partial charge in [0.2, 0.25) is 0 Å². The smallest absolute Gasteiger partial charge is 0.165 e. The minimum Gasteiger partial charge on any atom is -0.497 e. The van der Waals surface area contributed by atoms with Crippen molar-refractivity contribution >= 4 is 0 Å². The van der Waals surface area contributed by atoms with Gasteiger partial charge in [0.1, 0.15) is 12.4 Å². The maximum absolute atomic E-state index is 6.12. The van der Waals surface area contributed by atoms with Gasteiger partial charge < -0.3 is 18.9 Å². The van der Waals surface area contributed by atoms with Crippen LogP contribution in [0.25, 0.3) is 0 Å². The Hall–Kier alpha value is -1.46. The number of hydrogen-bond donors (Lipinski definition) is 0. The molecule has 130 valence electrons. The number of methoxy groups -OCH3 is 2. The molecule has 2 rings (SSSR count). The molecule has 5 nitrogen and oxygen atoms in total. The Kier molecular flexibility index (Phi) is 6.13. The molecule has 1 aromatic rings. The van der Waals surface area contributed by atoms with Crippen LogP contribution in [0.4, 0.5) is 0 Å². The van der Waals surface area contributed by atoms with Gasteiger partial charge in [-0.05, 0) is 11.5 Å². The number of morpholine rings is 1. The van der Waals surface area contributed by atoms with Crippen LogP contribution < -0.4 is 14.2 Å². The summed E-state index contributed by atoms with van der Waals surface area (Å²) in [5.74, 6) is 2.32. The van der Waals surface area contributed by atoms with E-state index in [0.717, 1.165) is 55.7 Å². The zero-order valence-corrected chi connectivity index (χ0v) is 15.0. The Labute approximate surface area is 139 Å². The van der Waals surface area contributed by atoms with Gasteiger partial charge in [0.15, 0.2) is 11.5 Å². The molecular formula is C18H29NO4. The molecule has 0 bridgehead atoms. The lowest BCUT2D eigenvalue weighted by Gasteiger charge is -2.28. The van der Waals surface area contributed by atoms with Gasteiger partial charge in [-0.15, -0.1) is 0 Å². The van der Waals surface area contributed by atoms with Gasteiger partial charge in [-0.3, -0.25) is 4.90 Å². The standard InChI is InChI=1S/C18H29NO4/c1-18(2,3)15-12-14(20-4)13-16(21-5)17(15)23-11-8-19-6-9-22-10-7-19/h12-13H,6-11H2,1-5H3. The Morgan fingerprint density at radius 1 is 1.09 bits per heavy atom. The summed E-state index contributed by atoms with van der Waals surface area (Å²) in [4.78, 5) is 2.36. The SMILES string of the molecule is COc1cc(OC)c(OCCN2CCOCC2)c(C(C)(C)C)c1. The summed E-state index contributed by atoms with van der Waals surface area (Å²) in [6.07, 6.45) is 0. The Bertz CT molecular complexity index is 504. The second kappa shape index (κ2) is 7.88. The van der Waals surface area contributed by atoms with Gasteiger partial charge in [0.25, 0.3) is 0 Å². The van der Waals surface area contributed by atoms with E-state index >= 15 is 0 Å². The third-order valence-electron chi connectivity index (χ3n) is 4.05. The molecule has 0 saturated carbocycles. The first-order chi connectivity index (χ1) is 11.0. The highest BCUT2D eigenvalue weighted by Gasteiger charge is 2.24. The van der Waals surface area contributed by atoms with Crippen molar-refractivity contribution in [3.05, 3.63) is 17.7 Å². The van der Waals surface area contributed by atoms with Crippen LogP contribution in [0, 0.1) is 0 Å². The predicted molar refractivity (Wildman–Crippen MR) is 91.0 cm³/mol. The fourth-order valence-corrected chi connectivity index (χ4v) is 2.65. The van der Waals surface area contributed by atoms with Crippen LogP contribution in [0.15, 0.2) is 12.1 Å². The van der Waals surface area contributed by atoms with E-state index in [1.807, 2.05) is 12.1 Å². The van der Waals surface area contributed by atoms with Gasteiger partial charge in [0, 0.05) is 31.3 Å². The van der Waals surface area contributed by atoms with Crippen LogP contribution in [0.3, 0.4) is 0 Å². The molecular weight excluding hydrogens is 294 g/mol. The highest BCUT2D eigenvalue weighted by atomic mass is 16.5. The number of benzene rings is 1. The predicted octanol–water partition coefficient (Wildman–Crippen LogP) is 2.71. The molecule has 0 N–H and O–H groups in total. The first-order valence-electron chi connectivity index (χ1n) is 8.15. The normalized spacial score (nSPS) is 16.2. The number of rotatable bonds is 6. The molecule has 0 unspecified atom stereocenters. The van der Waals surface area contributed by atoms with E-state index in [9.17, 15) is 0 Å². The molecule has 0 aromatic heterocycles. The molecule has 0 radical (unpaired) electrons. The van der Waals surface area contributed by atoms with Crippen molar-refractivity contribution in [2.75, 3.05) is 53.7 Å². The Morgan fingerprint density at radius 3 is 2.35 bits per heavy atom. The molecule has 0 spiro atoms. The number of ether oxygens (including phenoxy) is 4. The lowest BCUT2D eigenvalue weighted by atomic mass is 9.86. The van der Waals surface area contributed by atoms with Crippen molar-refractivity contribution in [3.63, 3.8) is 0 Å². The molecule has 5 heteroatoms. The van der Waals surface area contributed by atoms with Gasteiger partial charge >= 0.3 is 0 Å². The second-order valence-electron chi connectivity index (χ2n) is 6.76. The maximum atomic E-state index is 6.12. The lowest BCUT2D eigenvalue weighted by Crippen LogP contribution is -2.38. The van der Waals surface area contributed by atoms with Crippen LogP contribution in [0.1, 0.15) is 26.3 Å². The lowest BCUT2D eigenvalue weighted by molar-refractivity contribution is 0.0320. The minimum absolute atomic E-state index is 0.0594. The van der Waals surface area contributed by atoms with E-state index in [-0.39, 0.29) is 5.41 Å². The third-order valence-corrected chi connectivity index (χ3v) is 4.05. The van der Waals surface area contributed by atoms with Crippen LogP contribution in [-0.4, -0.2) is 58.6 Å². The number of hydrogen-bond acceptors (Lipinski definition) is 5. The Balaban J connectivity index is 2.14. The van der Waals surface area contributed by atoms with Gasteiger partial charge in [0.05, 0.1) is 27.4 Å². The summed E-state index contributed by atoms with van der Waals surface area (Å²) >= 11 is 0. The van der Waals surface area contributed by atoms with Crippen LogP contribution in [0.2, 0.25) is 0 Å². The van der Waals surface area contributed by atoms with Crippen molar-refractivity contribution in [2.24, 2.45) is 0 Å². The minimum atomic E-state index is -0.0594. The van der Waals surface area contributed by atoms with Crippen molar-refractivity contribution < 1.29 is 18.9 Å². The highest BCUT2D eigenvalue weighted by molar-refractivity contribution is 5.54. The van der Waals surface area contributed by atoms with E-state index in [4.69, 9.17) is 18.9 Å². The topological polar surface area (TPSA) is 40.2 Å². The first kappa shape index (κ1) is 17.9. The zero-order chi connectivity index (χ0) is 16.9. The van der Waals surface area contributed by atoms with Crippen LogP contribution in [0.5, 0.6) is 17.2 Å². The molecule has 1 aliphatic heterocycles. The van der Waals surface area contributed by atoms with Crippen LogP contribution in [-0.2, 0) is 10.2 Å². The van der Waals surface area contributed by atoms with Crippen molar-refractivity contribution in [2.45, 2.75) is 26.2 Å². The molecule has 23 heavy (non-hydrogen) atoms. The van der Waals surface area contributed by atoms with E-state index in [0.29, 0.717) is 6.61 Å². The summed E-state index contributed by atoms with van der Waals surface area (Å²) in [6, 6.07) is 3.91. The average Bonchev–Trinajstić information content (AvgIpc) is 2.54. The molecule has 1 aliphatic rings. The maximum Gasteiger partial charge on any atom is 0.165 e. The molecule has 0 aliphatic carbocycles. The van der Waals surface area contributed by atoms with Crippen molar-refractivity contribution in [1.82, 2.24) is 4.90 Å². The molecule has 0 atom stereocenters. The molecule has 1 aromatic carbocycles. The quantitative estimate of drug-likeness (QED) is 0.805. The summed E-state index contributed by atoms with van der Waals surface area (Å²) in [7, 11) is 3.33. The molecule has 1 heterocycles. The summed E-state index contributed by atoms with van der Waals surface area (Å²) in [5, 5.41) is 0. The van der Waals surface area contributed by atoms with Crippen LogP contribution >= 0.6 is 0 Å². The fraction of sp³-hybridized carbons (Fsp3) is 0.667. The second-order valence-corrected chi connectivity index (χ2v) is 6.76. The van der Waals surface area contributed by atoms with Crippen molar-refractivity contribution in [1.29, 1.82) is 0 Å². The van der Waals surface area contributed by atoms with Gasteiger partial charge in [-0.25, -0.2) is 0 Å². The van der Waals surface area contributed by atoms with Crippen molar-refractivity contribution in [3.8, 4) is 17.2 Å². The molecule has 1 saturated heterocycles. The summed E-state index contributed by atoms with van der Waals surface area (Å²) < 4.78 is 22.4. The Morgan fingerprint density at radius 2 is 1.78 bits per heavy atom. The van der Waals surface area contributed by atoms with E-state index in [2.05, 4.69) is 25.7 Å². The summed E-state index contributed by atoms with van der Waals surface area (Å²) in [6.45, 7) is 11.6. The highest BCUT2D eigenvalue weighted by Crippen LogP contribution is 2.41. The van der Waals surface area contributed by atoms with Gasteiger partial charge in [-0.2, -0.15) is 0 Å². The number of nitrogens with zero attached hydrogens (tertiary/aromatic N) is 1. The molecule has 0 amide bonds. The summed E-state index contributed by atoms with van der Waals surface area (Å²) in [5.41, 5.74) is 1.03. The fourth-order valence-electron chi connectivity index (χ4n) is 2.65. The third kappa shape index (κ3) is 4.75. The zero-order valence-electron chi connectivity index (χ0n) is 15.0. The van der Waals surface area contributed by atoms with Gasteiger partial charge in [-0.1, -0.05) is 20.8 Å². The molecule has 1 fully saturated rings. The largest absolute Gasteiger partial charge is 0.497 e. The first-order valence-corrected chi connectivity index (χ1v) is 8.15.